The topological polar surface area (TPSA) is 145 Å². The molecule has 5 aromatic heterocycles. The molecule has 3 aliphatic rings. The number of anilines is 1. The SMILES string of the molecule is C[C@H](Oc1cc(-n2ccc(-c3ccccn3)n2)nc(-c2noc3c2CCC[C@@]32CCCc3sc(N)c(C#N)c32)n1)[C@@H]1CCCN1C. The van der Waals surface area contributed by atoms with Crippen LogP contribution < -0.4 is 10.5 Å². The first-order valence-corrected chi connectivity index (χ1v) is 16.8. The van der Waals surface area contributed by atoms with Crippen LogP contribution in [0.1, 0.15) is 72.8 Å². The highest BCUT2D eigenvalue weighted by molar-refractivity contribution is 7.16. The molecule has 8 rings (SSSR count). The summed E-state index contributed by atoms with van der Waals surface area (Å²) in [5.41, 5.74) is 10.7. The van der Waals surface area contributed by atoms with Crippen molar-refractivity contribution in [2.75, 3.05) is 19.3 Å². The van der Waals surface area contributed by atoms with Crippen LogP contribution in [0.15, 0.2) is 47.2 Å². The fraction of sp³-hybridized carbons (Fsp3) is 0.412. The van der Waals surface area contributed by atoms with E-state index in [1.807, 2.05) is 36.5 Å². The summed E-state index contributed by atoms with van der Waals surface area (Å²) in [7, 11) is 2.14. The third-order valence-electron chi connectivity index (χ3n) is 9.94. The Labute approximate surface area is 271 Å². The van der Waals surface area contributed by atoms with Gasteiger partial charge in [0.2, 0.25) is 5.88 Å². The molecule has 2 N–H and O–H groups in total. The van der Waals surface area contributed by atoms with Crippen molar-refractivity contribution in [1.82, 2.24) is 34.8 Å². The minimum absolute atomic E-state index is 0.0755. The molecule has 0 bridgehead atoms. The van der Waals surface area contributed by atoms with Crippen molar-refractivity contribution in [2.24, 2.45) is 0 Å². The number of aromatic nitrogens is 6. The Morgan fingerprint density at radius 1 is 1.15 bits per heavy atom. The highest BCUT2D eigenvalue weighted by Crippen LogP contribution is 2.55. The molecule has 0 radical (unpaired) electrons. The molecule has 5 aromatic rings. The van der Waals surface area contributed by atoms with Gasteiger partial charge >= 0.3 is 0 Å². The first-order valence-electron chi connectivity index (χ1n) is 16.0. The average Bonchev–Trinajstić information content (AvgIpc) is 3.87. The number of likely N-dealkylation sites (tertiary alicyclic amines) is 1. The molecule has 6 heterocycles. The molecule has 234 valence electrons. The third kappa shape index (κ3) is 4.68. The Balaban J connectivity index is 1.23. The number of nitrogens with two attached hydrogens (primary N) is 1. The van der Waals surface area contributed by atoms with Crippen LogP contribution in [-0.2, 0) is 18.3 Å². The third-order valence-corrected chi connectivity index (χ3v) is 11.0. The maximum absolute atomic E-state index is 10.1. The van der Waals surface area contributed by atoms with Gasteiger partial charge in [-0.05, 0) is 95.6 Å². The van der Waals surface area contributed by atoms with Crippen molar-refractivity contribution in [3.05, 3.63) is 70.1 Å². The smallest absolute Gasteiger partial charge is 0.219 e. The standard InChI is InChI=1S/C34H35N9O2S/c1-20(25-10-7-16-42(25)2)44-28-18-27(43-17-12-24(40-43)23-9-3-4-15-37-23)38-33(39-28)30-21-8-5-13-34(31(21)45-41-30)14-6-11-26-29(34)22(19-35)32(36)46-26/h3-4,9,12,15,17-18,20,25H,5-8,10-11,13-14,16,36H2,1-2H3/t20-,25-,34-/m0/s1. The van der Waals surface area contributed by atoms with Crippen molar-refractivity contribution in [3.63, 3.8) is 0 Å². The number of nitrogen functional groups attached to an aromatic ring is 1. The van der Waals surface area contributed by atoms with E-state index < -0.39 is 5.41 Å². The molecular formula is C34H35N9O2S. The fourth-order valence-electron chi connectivity index (χ4n) is 7.81. The van der Waals surface area contributed by atoms with Gasteiger partial charge in [-0.25, -0.2) is 9.67 Å². The number of aryl methyl sites for hydroxylation is 1. The van der Waals surface area contributed by atoms with Gasteiger partial charge in [0.25, 0.3) is 0 Å². The minimum atomic E-state index is -0.427. The quantitative estimate of drug-likeness (QED) is 0.247. The van der Waals surface area contributed by atoms with Crippen LogP contribution in [0, 0.1) is 11.3 Å². The lowest BCUT2D eigenvalue weighted by Gasteiger charge is -2.39. The molecule has 46 heavy (non-hydrogen) atoms. The van der Waals surface area contributed by atoms with Crippen LogP contribution in [0.25, 0.3) is 28.7 Å². The molecule has 0 amide bonds. The van der Waals surface area contributed by atoms with Crippen molar-refractivity contribution < 1.29 is 9.26 Å². The number of nitriles is 1. The number of fused-ring (bicyclic) bond motifs is 4. The van der Waals surface area contributed by atoms with Crippen LogP contribution >= 0.6 is 11.3 Å². The van der Waals surface area contributed by atoms with Crippen molar-refractivity contribution in [2.45, 2.75) is 75.9 Å². The Morgan fingerprint density at radius 3 is 2.80 bits per heavy atom. The predicted molar refractivity (Wildman–Crippen MR) is 174 cm³/mol. The maximum Gasteiger partial charge on any atom is 0.219 e. The Kier molecular flexibility index (Phi) is 7.10. The number of rotatable bonds is 6. The molecular weight excluding hydrogens is 599 g/mol. The van der Waals surface area contributed by atoms with Gasteiger partial charge in [0, 0.05) is 34.9 Å². The first-order chi connectivity index (χ1) is 22.4. The molecule has 3 atom stereocenters. The molecule has 1 aliphatic heterocycles. The number of hydrogen-bond donors (Lipinski definition) is 1. The van der Waals surface area contributed by atoms with Gasteiger partial charge in [0.15, 0.2) is 23.1 Å². The van der Waals surface area contributed by atoms with Crippen molar-refractivity contribution in [3.8, 4) is 40.7 Å². The summed E-state index contributed by atoms with van der Waals surface area (Å²) in [5.74, 6) is 2.27. The number of likely N-dealkylation sites (N-methyl/N-ethyl adjacent to an activating group) is 1. The molecule has 1 spiro atoms. The molecule has 0 saturated carbocycles. The highest BCUT2D eigenvalue weighted by atomic mass is 32.1. The molecule has 2 aliphatic carbocycles. The average molecular weight is 634 g/mol. The summed E-state index contributed by atoms with van der Waals surface area (Å²) >= 11 is 1.54. The van der Waals surface area contributed by atoms with Gasteiger partial charge in [-0.15, -0.1) is 11.3 Å². The molecule has 12 heteroatoms. The second-order valence-corrected chi connectivity index (χ2v) is 13.8. The van der Waals surface area contributed by atoms with Gasteiger partial charge in [0.05, 0.1) is 16.7 Å². The normalized spacial score (nSPS) is 21.5. The second-order valence-electron chi connectivity index (χ2n) is 12.6. The van der Waals surface area contributed by atoms with E-state index in [0.717, 1.165) is 86.2 Å². The predicted octanol–water partition coefficient (Wildman–Crippen LogP) is 5.71. The highest BCUT2D eigenvalue weighted by Gasteiger charge is 2.49. The number of nitrogens with zero attached hydrogens (tertiary/aromatic N) is 8. The van der Waals surface area contributed by atoms with Gasteiger partial charge in [-0.3, -0.25) is 9.88 Å². The van der Waals surface area contributed by atoms with Gasteiger partial charge < -0.3 is 15.0 Å². The van der Waals surface area contributed by atoms with Crippen LogP contribution in [-0.4, -0.2) is 60.5 Å². The van der Waals surface area contributed by atoms with Crippen molar-refractivity contribution in [1.29, 1.82) is 5.26 Å². The van der Waals surface area contributed by atoms with E-state index in [2.05, 4.69) is 35.1 Å². The lowest BCUT2D eigenvalue weighted by Crippen LogP contribution is -2.38. The zero-order valence-electron chi connectivity index (χ0n) is 25.9. The van der Waals surface area contributed by atoms with Gasteiger partial charge in [0.1, 0.15) is 22.9 Å². The van der Waals surface area contributed by atoms with Gasteiger partial charge in [-0.1, -0.05) is 11.2 Å². The summed E-state index contributed by atoms with van der Waals surface area (Å²) in [6, 6.07) is 12.2. The van der Waals surface area contributed by atoms with E-state index in [-0.39, 0.29) is 6.10 Å². The lowest BCUT2D eigenvalue weighted by atomic mass is 9.63. The van der Waals surface area contributed by atoms with E-state index in [9.17, 15) is 5.26 Å². The van der Waals surface area contributed by atoms with Crippen LogP contribution in [0.5, 0.6) is 5.88 Å². The molecule has 11 nitrogen and oxygen atoms in total. The van der Waals surface area contributed by atoms with E-state index >= 15 is 0 Å². The van der Waals surface area contributed by atoms with Crippen LogP contribution in [0.2, 0.25) is 0 Å². The summed E-state index contributed by atoms with van der Waals surface area (Å²) in [5, 5.41) is 20.1. The number of thiophene rings is 1. The fourth-order valence-corrected chi connectivity index (χ4v) is 8.97. The zero-order valence-corrected chi connectivity index (χ0v) is 26.8. The summed E-state index contributed by atoms with van der Waals surface area (Å²) in [6.07, 6.45) is 11.2. The summed E-state index contributed by atoms with van der Waals surface area (Å²) in [6.45, 7) is 3.16. The maximum atomic E-state index is 10.1. The van der Waals surface area contributed by atoms with Crippen LogP contribution in [0.4, 0.5) is 5.00 Å². The monoisotopic (exact) mass is 633 g/mol. The Morgan fingerprint density at radius 2 is 2.02 bits per heavy atom. The summed E-state index contributed by atoms with van der Waals surface area (Å²) in [4.78, 5) is 17.9. The van der Waals surface area contributed by atoms with Crippen molar-refractivity contribution >= 4 is 16.3 Å². The Bertz CT molecular complexity index is 1950. The van der Waals surface area contributed by atoms with E-state index in [1.165, 1.54) is 16.2 Å². The molecule has 1 fully saturated rings. The lowest BCUT2D eigenvalue weighted by molar-refractivity contribution is 0.117. The molecule has 0 aromatic carbocycles. The minimum Gasteiger partial charge on any atom is -0.473 e. The largest absolute Gasteiger partial charge is 0.473 e. The summed E-state index contributed by atoms with van der Waals surface area (Å²) < 4.78 is 14.5. The second kappa shape index (κ2) is 11.3. The molecule has 0 unspecified atom stereocenters. The van der Waals surface area contributed by atoms with Gasteiger partial charge in [-0.2, -0.15) is 15.3 Å². The number of pyridine rings is 1. The Hall–Kier alpha value is -4.60. The van der Waals surface area contributed by atoms with E-state index in [1.54, 1.807) is 10.9 Å². The molecule has 1 saturated heterocycles. The van der Waals surface area contributed by atoms with E-state index in [4.69, 9.17) is 30.1 Å². The first kappa shape index (κ1) is 28.8. The van der Waals surface area contributed by atoms with E-state index in [0.29, 0.717) is 39.8 Å². The van der Waals surface area contributed by atoms with Crippen LogP contribution in [0.3, 0.4) is 0 Å². The zero-order chi connectivity index (χ0) is 31.4. The number of ether oxygens (including phenoxy) is 1. The number of hydrogen-bond acceptors (Lipinski definition) is 11.